The monoisotopic (exact) mass is 258 g/mol. The predicted molar refractivity (Wildman–Crippen MR) is 76.9 cm³/mol. The van der Waals surface area contributed by atoms with Gasteiger partial charge in [0.2, 0.25) is 0 Å². The van der Waals surface area contributed by atoms with Crippen molar-refractivity contribution < 1.29 is 0 Å². The molecule has 0 radical (unpaired) electrons. The van der Waals surface area contributed by atoms with Crippen LogP contribution in [0.4, 0.5) is 0 Å². The molecule has 0 unspecified atom stereocenters. The van der Waals surface area contributed by atoms with Crippen LogP contribution in [0.3, 0.4) is 0 Å². The number of hydrogen-bond acceptors (Lipinski definition) is 3. The van der Waals surface area contributed by atoms with Gasteiger partial charge in [-0.15, -0.1) is 0 Å². The van der Waals surface area contributed by atoms with E-state index in [-0.39, 0.29) is 5.41 Å². The zero-order valence-corrected chi connectivity index (χ0v) is 11.8. The molecular weight excluding hydrogens is 236 g/mol. The molecule has 4 nitrogen and oxygen atoms in total. The van der Waals surface area contributed by atoms with Crippen molar-refractivity contribution in [3.8, 4) is 0 Å². The lowest BCUT2D eigenvalue weighted by Gasteiger charge is -2.37. The highest BCUT2D eigenvalue weighted by atomic mass is 15.1. The van der Waals surface area contributed by atoms with Gasteiger partial charge in [-0.3, -0.25) is 4.98 Å². The average Bonchev–Trinajstić information content (AvgIpc) is 2.79. The fourth-order valence-electron chi connectivity index (χ4n) is 3.34. The Bertz CT molecular complexity index is 579. The molecule has 1 fully saturated rings. The van der Waals surface area contributed by atoms with Crippen molar-refractivity contribution in [1.29, 1.82) is 0 Å². The number of nitrogens with two attached hydrogens (primary N) is 1. The Morgan fingerprint density at radius 3 is 2.79 bits per heavy atom. The van der Waals surface area contributed by atoms with Crippen LogP contribution in [0.25, 0.3) is 11.0 Å². The molecule has 0 amide bonds. The predicted octanol–water partition coefficient (Wildman–Crippen LogP) is 2.37. The minimum Gasteiger partial charge on any atom is -0.329 e. The quantitative estimate of drug-likeness (QED) is 0.899. The third-order valence-electron chi connectivity index (χ3n) is 4.78. The van der Waals surface area contributed by atoms with E-state index in [1.165, 1.54) is 12.8 Å². The standard InChI is InChI=1S/C15H22N4/c1-11-3-6-15(10-16,7-4-11)14-18-12-5-8-17-9-13(12)19(14)2/h5,8-9,11H,3-4,6-7,10,16H2,1-2H3. The second-order valence-corrected chi connectivity index (χ2v) is 6.03. The zero-order valence-electron chi connectivity index (χ0n) is 11.8. The molecule has 0 atom stereocenters. The number of pyridine rings is 1. The second kappa shape index (κ2) is 4.60. The molecule has 2 aromatic heterocycles. The second-order valence-electron chi connectivity index (χ2n) is 6.03. The maximum absolute atomic E-state index is 6.14. The van der Waals surface area contributed by atoms with E-state index < -0.39 is 0 Å². The first kappa shape index (κ1) is 12.6. The molecular formula is C15H22N4. The Morgan fingerprint density at radius 1 is 1.42 bits per heavy atom. The molecule has 1 aliphatic carbocycles. The summed E-state index contributed by atoms with van der Waals surface area (Å²) in [5.74, 6) is 1.96. The summed E-state index contributed by atoms with van der Waals surface area (Å²) in [6, 6.07) is 1.98. The first-order valence-electron chi connectivity index (χ1n) is 7.13. The summed E-state index contributed by atoms with van der Waals surface area (Å²) in [7, 11) is 2.09. The number of imidazole rings is 1. The van der Waals surface area contributed by atoms with Crippen LogP contribution in [0.2, 0.25) is 0 Å². The Balaban J connectivity index is 2.09. The van der Waals surface area contributed by atoms with Crippen LogP contribution in [0, 0.1) is 5.92 Å². The van der Waals surface area contributed by atoms with Gasteiger partial charge in [0.15, 0.2) is 0 Å². The number of hydrogen-bond donors (Lipinski definition) is 1. The molecule has 3 rings (SSSR count). The van der Waals surface area contributed by atoms with Crippen LogP contribution in [0.15, 0.2) is 18.5 Å². The molecule has 2 N–H and O–H groups in total. The Morgan fingerprint density at radius 2 is 2.16 bits per heavy atom. The third kappa shape index (κ3) is 1.94. The van der Waals surface area contributed by atoms with Gasteiger partial charge in [0.1, 0.15) is 5.82 Å². The van der Waals surface area contributed by atoms with Crippen LogP contribution in [-0.2, 0) is 12.5 Å². The van der Waals surface area contributed by atoms with Crippen molar-refractivity contribution in [2.24, 2.45) is 18.7 Å². The number of aryl methyl sites for hydroxylation is 1. The van der Waals surface area contributed by atoms with Crippen molar-refractivity contribution in [3.63, 3.8) is 0 Å². The molecule has 1 saturated carbocycles. The summed E-state index contributed by atoms with van der Waals surface area (Å²) in [6.45, 7) is 3.02. The number of aromatic nitrogens is 3. The Kier molecular flexibility index (Phi) is 3.05. The number of nitrogens with zero attached hydrogens (tertiary/aromatic N) is 3. The van der Waals surface area contributed by atoms with Crippen LogP contribution >= 0.6 is 0 Å². The normalized spacial score (nSPS) is 27.8. The van der Waals surface area contributed by atoms with Crippen molar-refractivity contribution in [3.05, 3.63) is 24.3 Å². The van der Waals surface area contributed by atoms with Crippen LogP contribution in [-0.4, -0.2) is 21.1 Å². The maximum atomic E-state index is 6.14. The average molecular weight is 258 g/mol. The Hall–Kier alpha value is -1.42. The number of rotatable bonds is 2. The zero-order chi connectivity index (χ0) is 13.5. The van der Waals surface area contributed by atoms with Gasteiger partial charge in [-0.05, 0) is 37.7 Å². The highest BCUT2D eigenvalue weighted by Crippen LogP contribution is 2.40. The van der Waals surface area contributed by atoms with E-state index in [2.05, 4.69) is 23.5 Å². The fourth-order valence-corrected chi connectivity index (χ4v) is 3.34. The van der Waals surface area contributed by atoms with Gasteiger partial charge in [0.25, 0.3) is 0 Å². The van der Waals surface area contributed by atoms with Gasteiger partial charge < -0.3 is 10.3 Å². The molecule has 0 spiro atoms. The first-order chi connectivity index (χ1) is 9.16. The first-order valence-corrected chi connectivity index (χ1v) is 7.13. The van der Waals surface area contributed by atoms with Gasteiger partial charge in [-0.2, -0.15) is 0 Å². The third-order valence-corrected chi connectivity index (χ3v) is 4.78. The van der Waals surface area contributed by atoms with Crippen molar-refractivity contribution in [2.75, 3.05) is 6.54 Å². The van der Waals surface area contributed by atoms with E-state index in [0.717, 1.165) is 35.6 Å². The molecule has 1 aliphatic rings. The summed E-state index contributed by atoms with van der Waals surface area (Å²) >= 11 is 0. The molecule has 2 aromatic rings. The lowest BCUT2D eigenvalue weighted by Crippen LogP contribution is -2.40. The van der Waals surface area contributed by atoms with E-state index in [1.54, 1.807) is 6.20 Å². The van der Waals surface area contributed by atoms with Crippen LogP contribution < -0.4 is 5.73 Å². The molecule has 4 heteroatoms. The maximum Gasteiger partial charge on any atom is 0.117 e. The minimum absolute atomic E-state index is 0.0558. The van der Waals surface area contributed by atoms with Gasteiger partial charge in [-0.1, -0.05) is 6.92 Å². The summed E-state index contributed by atoms with van der Waals surface area (Å²) in [6.07, 6.45) is 8.49. The van der Waals surface area contributed by atoms with E-state index in [1.807, 2.05) is 12.3 Å². The summed E-state index contributed by atoms with van der Waals surface area (Å²) in [5.41, 5.74) is 8.32. The Labute approximate surface area is 114 Å². The highest BCUT2D eigenvalue weighted by molar-refractivity contribution is 5.74. The lowest BCUT2D eigenvalue weighted by atomic mass is 9.70. The highest BCUT2D eigenvalue weighted by Gasteiger charge is 2.38. The van der Waals surface area contributed by atoms with E-state index in [9.17, 15) is 0 Å². The molecule has 102 valence electrons. The van der Waals surface area contributed by atoms with Crippen LogP contribution in [0.5, 0.6) is 0 Å². The van der Waals surface area contributed by atoms with Gasteiger partial charge >= 0.3 is 0 Å². The van der Waals surface area contributed by atoms with Crippen molar-refractivity contribution >= 4 is 11.0 Å². The molecule has 0 bridgehead atoms. The molecule has 19 heavy (non-hydrogen) atoms. The van der Waals surface area contributed by atoms with Crippen LogP contribution in [0.1, 0.15) is 38.4 Å². The topological polar surface area (TPSA) is 56.7 Å². The van der Waals surface area contributed by atoms with Gasteiger partial charge in [0.05, 0.1) is 17.2 Å². The summed E-state index contributed by atoms with van der Waals surface area (Å²) in [5, 5.41) is 0. The van der Waals surface area contributed by atoms with E-state index in [4.69, 9.17) is 10.7 Å². The fraction of sp³-hybridized carbons (Fsp3) is 0.600. The molecule has 0 saturated heterocycles. The van der Waals surface area contributed by atoms with Crippen molar-refractivity contribution in [1.82, 2.24) is 14.5 Å². The largest absolute Gasteiger partial charge is 0.329 e. The molecule has 2 heterocycles. The molecule has 0 aromatic carbocycles. The summed E-state index contributed by atoms with van der Waals surface area (Å²) < 4.78 is 2.19. The smallest absolute Gasteiger partial charge is 0.117 e. The van der Waals surface area contributed by atoms with Gasteiger partial charge in [0, 0.05) is 25.2 Å². The summed E-state index contributed by atoms with van der Waals surface area (Å²) in [4.78, 5) is 9.05. The van der Waals surface area contributed by atoms with Crippen molar-refractivity contribution in [2.45, 2.75) is 38.0 Å². The number of fused-ring (bicyclic) bond motifs is 1. The van der Waals surface area contributed by atoms with E-state index >= 15 is 0 Å². The SMILES string of the molecule is CC1CCC(CN)(c2nc3ccncc3n2C)CC1. The van der Waals surface area contributed by atoms with E-state index in [0.29, 0.717) is 6.54 Å². The van der Waals surface area contributed by atoms with Gasteiger partial charge in [-0.25, -0.2) is 4.98 Å². The lowest BCUT2D eigenvalue weighted by molar-refractivity contribution is 0.233. The molecule has 0 aliphatic heterocycles. The minimum atomic E-state index is 0.0558.